The van der Waals surface area contributed by atoms with Crippen LogP contribution >= 0.6 is 0 Å². The van der Waals surface area contributed by atoms with Gasteiger partial charge in [-0.15, -0.1) is 0 Å². The molecule has 1 aromatic rings. The van der Waals surface area contributed by atoms with Crippen molar-refractivity contribution in [3.8, 4) is 0 Å². The maximum absolute atomic E-state index is 13.2. The van der Waals surface area contributed by atoms with Gasteiger partial charge in [-0.3, -0.25) is 34.3 Å². The molecule has 3 atom stereocenters. The molecule has 4 amide bonds. The molecule has 29 heavy (non-hydrogen) atoms. The SMILES string of the molecule is CN(Cc1cccc2c1C(=O)N(C1CCC(=O)NC1=O)C2=O)C1CCCC(N)C1. The Bertz CT molecular complexity index is 883. The Hall–Kier alpha value is -2.58. The first-order chi connectivity index (χ1) is 13.9. The summed E-state index contributed by atoms with van der Waals surface area (Å²) in [5.74, 6) is -1.89. The number of hydrogen-bond donors (Lipinski definition) is 2. The van der Waals surface area contributed by atoms with Crippen molar-refractivity contribution >= 4 is 23.6 Å². The summed E-state index contributed by atoms with van der Waals surface area (Å²) >= 11 is 0. The number of rotatable bonds is 4. The molecular formula is C21H26N4O4. The number of nitrogens with two attached hydrogens (primary N) is 1. The number of fused-ring (bicyclic) bond motifs is 1. The van der Waals surface area contributed by atoms with Crippen LogP contribution in [-0.2, 0) is 16.1 Å². The molecule has 2 fully saturated rings. The van der Waals surface area contributed by atoms with Crippen LogP contribution in [0, 0.1) is 0 Å². The van der Waals surface area contributed by atoms with Crippen molar-refractivity contribution in [2.24, 2.45) is 5.73 Å². The second-order valence-electron chi connectivity index (χ2n) is 8.28. The number of nitrogens with one attached hydrogen (secondary N) is 1. The predicted molar refractivity (Wildman–Crippen MR) is 105 cm³/mol. The smallest absolute Gasteiger partial charge is 0.262 e. The lowest BCUT2D eigenvalue weighted by molar-refractivity contribution is -0.136. The van der Waals surface area contributed by atoms with E-state index in [0.29, 0.717) is 23.7 Å². The summed E-state index contributed by atoms with van der Waals surface area (Å²) in [7, 11) is 2.02. The predicted octanol–water partition coefficient (Wildman–Crippen LogP) is 0.790. The molecule has 1 aromatic carbocycles. The number of benzene rings is 1. The topological polar surface area (TPSA) is 113 Å². The molecule has 3 unspecified atom stereocenters. The molecule has 1 aliphatic carbocycles. The van der Waals surface area contributed by atoms with Gasteiger partial charge in [0.05, 0.1) is 11.1 Å². The molecule has 0 spiro atoms. The van der Waals surface area contributed by atoms with E-state index in [1.165, 1.54) is 0 Å². The lowest BCUT2D eigenvalue weighted by Gasteiger charge is -2.34. The molecule has 0 bridgehead atoms. The van der Waals surface area contributed by atoms with Crippen LogP contribution in [0.4, 0.5) is 0 Å². The molecule has 1 saturated carbocycles. The van der Waals surface area contributed by atoms with Gasteiger partial charge in [-0.25, -0.2) is 0 Å². The standard InChI is InChI=1S/C21H26N4O4/c1-24(14-6-3-5-13(22)10-14)11-12-4-2-7-15-18(12)21(29)25(20(15)28)16-8-9-17(26)23-19(16)27/h2,4,7,13-14,16H,3,5-6,8-11,22H2,1H3,(H,23,26,27). The fourth-order valence-electron chi connectivity index (χ4n) is 4.72. The third-order valence-corrected chi connectivity index (χ3v) is 6.28. The Kier molecular flexibility index (Phi) is 5.23. The zero-order valence-electron chi connectivity index (χ0n) is 16.5. The lowest BCUT2D eigenvalue weighted by Crippen LogP contribution is -2.54. The van der Waals surface area contributed by atoms with Gasteiger partial charge < -0.3 is 5.73 Å². The molecule has 0 radical (unpaired) electrons. The van der Waals surface area contributed by atoms with Crippen LogP contribution in [0.1, 0.15) is 64.8 Å². The molecular weight excluding hydrogens is 372 g/mol. The second kappa shape index (κ2) is 7.68. The largest absolute Gasteiger partial charge is 0.328 e. The fraction of sp³-hybridized carbons (Fsp3) is 0.524. The van der Waals surface area contributed by atoms with Crippen molar-refractivity contribution < 1.29 is 19.2 Å². The van der Waals surface area contributed by atoms with Gasteiger partial charge in [0.15, 0.2) is 0 Å². The van der Waals surface area contributed by atoms with Crippen molar-refractivity contribution in [2.45, 2.75) is 63.2 Å². The molecule has 3 N–H and O–H groups in total. The van der Waals surface area contributed by atoms with Crippen LogP contribution in [0.5, 0.6) is 0 Å². The summed E-state index contributed by atoms with van der Waals surface area (Å²) < 4.78 is 0. The molecule has 2 heterocycles. The number of imide groups is 2. The van der Waals surface area contributed by atoms with Gasteiger partial charge in [-0.05, 0) is 44.4 Å². The highest BCUT2D eigenvalue weighted by molar-refractivity contribution is 6.24. The monoisotopic (exact) mass is 398 g/mol. The third-order valence-electron chi connectivity index (χ3n) is 6.28. The zero-order chi connectivity index (χ0) is 20.7. The van der Waals surface area contributed by atoms with E-state index in [1.54, 1.807) is 12.1 Å². The first kappa shape index (κ1) is 19.7. The van der Waals surface area contributed by atoms with E-state index in [-0.39, 0.29) is 24.8 Å². The summed E-state index contributed by atoms with van der Waals surface area (Å²) in [4.78, 5) is 53.0. The van der Waals surface area contributed by atoms with E-state index in [2.05, 4.69) is 10.2 Å². The van der Waals surface area contributed by atoms with Crippen molar-refractivity contribution in [2.75, 3.05) is 7.05 Å². The third kappa shape index (κ3) is 3.58. The average Bonchev–Trinajstić information content (AvgIpc) is 2.94. The van der Waals surface area contributed by atoms with Crippen LogP contribution in [0.3, 0.4) is 0 Å². The van der Waals surface area contributed by atoms with Gasteiger partial charge in [0.25, 0.3) is 11.8 Å². The number of nitrogens with zero attached hydrogens (tertiary/aromatic N) is 2. The van der Waals surface area contributed by atoms with Crippen LogP contribution < -0.4 is 11.1 Å². The Labute approximate surface area is 169 Å². The van der Waals surface area contributed by atoms with Crippen molar-refractivity contribution in [3.63, 3.8) is 0 Å². The molecule has 0 aromatic heterocycles. The zero-order valence-corrected chi connectivity index (χ0v) is 16.5. The fourth-order valence-corrected chi connectivity index (χ4v) is 4.72. The van der Waals surface area contributed by atoms with Crippen LogP contribution in [0.25, 0.3) is 0 Å². The Morgan fingerprint density at radius 2 is 1.93 bits per heavy atom. The first-order valence-electron chi connectivity index (χ1n) is 10.2. The Morgan fingerprint density at radius 3 is 2.66 bits per heavy atom. The highest BCUT2D eigenvalue weighted by atomic mass is 16.2. The van der Waals surface area contributed by atoms with Crippen molar-refractivity contribution in [1.29, 1.82) is 0 Å². The quantitative estimate of drug-likeness (QED) is 0.725. The Morgan fingerprint density at radius 1 is 1.14 bits per heavy atom. The van der Waals surface area contributed by atoms with E-state index < -0.39 is 23.8 Å². The van der Waals surface area contributed by atoms with E-state index in [1.807, 2.05) is 13.1 Å². The summed E-state index contributed by atoms with van der Waals surface area (Å²) in [6, 6.07) is 4.85. The molecule has 1 saturated heterocycles. The van der Waals surface area contributed by atoms with Gasteiger partial charge in [0.1, 0.15) is 6.04 Å². The van der Waals surface area contributed by atoms with Crippen molar-refractivity contribution in [1.82, 2.24) is 15.1 Å². The number of piperidine rings is 1. The van der Waals surface area contributed by atoms with Crippen LogP contribution in [0.2, 0.25) is 0 Å². The summed E-state index contributed by atoms with van der Waals surface area (Å²) in [6.45, 7) is 0.531. The van der Waals surface area contributed by atoms with Gasteiger partial charge in [-0.2, -0.15) is 0 Å². The van der Waals surface area contributed by atoms with Crippen LogP contribution in [-0.4, -0.2) is 58.6 Å². The molecule has 4 rings (SSSR count). The van der Waals surface area contributed by atoms with Gasteiger partial charge in [0, 0.05) is 25.0 Å². The molecule has 2 aliphatic heterocycles. The number of carbonyl (C=O) groups excluding carboxylic acids is 4. The van der Waals surface area contributed by atoms with E-state index in [9.17, 15) is 19.2 Å². The summed E-state index contributed by atoms with van der Waals surface area (Å²) in [6.07, 6.45) is 4.38. The highest BCUT2D eigenvalue weighted by Gasteiger charge is 2.45. The van der Waals surface area contributed by atoms with Crippen molar-refractivity contribution in [3.05, 3.63) is 34.9 Å². The maximum Gasteiger partial charge on any atom is 0.262 e. The molecule has 8 heteroatoms. The highest BCUT2D eigenvalue weighted by Crippen LogP contribution is 2.31. The lowest BCUT2D eigenvalue weighted by atomic mass is 9.90. The summed E-state index contributed by atoms with van der Waals surface area (Å²) in [5, 5.41) is 2.22. The molecule has 8 nitrogen and oxygen atoms in total. The number of hydrogen-bond acceptors (Lipinski definition) is 6. The van der Waals surface area contributed by atoms with E-state index in [4.69, 9.17) is 5.73 Å². The number of amides is 4. The normalized spacial score (nSPS) is 27.4. The van der Waals surface area contributed by atoms with Crippen LogP contribution in [0.15, 0.2) is 18.2 Å². The van der Waals surface area contributed by atoms with Gasteiger partial charge >= 0.3 is 0 Å². The minimum atomic E-state index is -0.943. The molecule has 154 valence electrons. The van der Waals surface area contributed by atoms with E-state index >= 15 is 0 Å². The van der Waals surface area contributed by atoms with Gasteiger partial charge in [0.2, 0.25) is 11.8 Å². The Balaban J connectivity index is 1.58. The number of carbonyl (C=O) groups is 4. The second-order valence-corrected chi connectivity index (χ2v) is 8.28. The minimum Gasteiger partial charge on any atom is -0.328 e. The first-order valence-corrected chi connectivity index (χ1v) is 10.2. The summed E-state index contributed by atoms with van der Waals surface area (Å²) in [5.41, 5.74) is 7.59. The van der Waals surface area contributed by atoms with Gasteiger partial charge in [-0.1, -0.05) is 18.6 Å². The van der Waals surface area contributed by atoms with E-state index in [0.717, 1.165) is 36.1 Å². The minimum absolute atomic E-state index is 0.112. The average molecular weight is 398 g/mol. The molecule has 3 aliphatic rings. The maximum atomic E-state index is 13.2.